The van der Waals surface area contributed by atoms with E-state index < -0.39 is 11.0 Å². The van der Waals surface area contributed by atoms with Crippen molar-refractivity contribution in [3.05, 3.63) is 47.0 Å². The molecule has 110 valence electrons. The summed E-state index contributed by atoms with van der Waals surface area (Å²) in [5.74, 6) is 0.568. The standard InChI is InChI=1S/C19H22O2/c1-12-5-7-14(8-6-12)19-15-9-13(2)16(20)18(19,4)10-17(15,3)11-21-19/h5-9,15H,10-11H2,1-4H3/t15-,17-,18-,19+/m0/s1. The van der Waals surface area contributed by atoms with Crippen LogP contribution in [0, 0.1) is 23.7 Å². The summed E-state index contributed by atoms with van der Waals surface area (Å²) in [4.78, 5) is 12.9. The van der Waals surface area contributed by atoms with Gasteiger partial charge >= 0.3 is 0 Å². The lowest BCUT2D eigenvalue weighted by Crippen LogP contribution is -2.52. The Morgan fingerprint density at radius 3 is 2.48 bits per heavy atom. The third kappa shape index (κ3) is 1.31. The molecule has 4 atom stereocenters. The molecule has 0 amide bonds. The van der Waals surface area contributed by atoms with Crippen LogP contribution in [0.3, 0.4) is 0 Å². The zero-order valence-electron chi connectivity index (χ0n) is 13.2. The van der Waals surface area contributed by atoms with Gasteiger partial charge in [0.2, 0.25) is 0 Å². The smallest absolute Gasteiger partial charge is 0.167 e. The van der Waals surface area contributed by atoms with Crippen molar-refractivity contribution in [3.63, 3.8) is 0 Å². The molecule has 4 rings (SSSR count). The minimum Gasteiger partial charge on any atom is -0.368 e. The van der Waals surface area contributed by atoms with Crippen LogP contribution in [0.2, 0.25) is 0 Å². The Hall–Kier alpha value is -1.41. The molecule has 1 saturated heterocycles. The van der Waals surface area contributed by atoms with E-state index in [9.17, 15) is 4.79 Å². The zero-order valence-corrected chi connectivity index (χ0v) is 13.2. The first-order valence-corrected chi connectivity index (χ1v) is 7.78. The lowest BCUT2D eigenvalue weighted by Gasteiger charge is -2.47. The molecule has 4 bridgehead atoms. The molecule has 0 unspecified atom stereocenters. The average molecular weight is 282 g/mol. The van der Waals surface area contributed by atoms with Crippen LogP contribution in [0.25, 0.3) is 0 Å². The molecule has 1 saturated carbocycles. The van der Waals surface area contributed by atoms with Gasteiger partial charge in [-0.2, -0.15) is 0 Å². The van der Waals surface area contributed by atoms with E-state index in [1.54, 1.807) is 0 Å². The topological polar surface area (TPSA) is 26.3 Å². The van der Waals surface area contributed by atoms with Gasteiger partial charge in [0.25, 0.3) is 0 Å². The molecular weight excluding hydrogens is 260 g/mol. The Kier molecular flexibility index (Phi) is 2.32. The number of benzene rings is 1. The van der Waals surface area contributed by atoms with Crippen LogP contribution in [-0.4, -0.2) is 12.4 Å². The predicted molar refractivity (Wildman–Crippen MR) is 81.9 cm³/mol. The maximum absolute atomic E-state index is 12.9. The van der Waals surface area contributed by atoms with Crippen molar-refractivity contribution >= 4 is 5.78 Å². The Balaban J connectivity index is 2.00. The third-order valence-electron chi connectivity index (χ3n) is 6.15. The summed E-state index contributed by atoms with van der Waals surface area (Å²) < 4.78 is 6.39. The quantitative estimate of drug-likeness (QED) is 0.783. The molecule has 0 aromatic heterocycles. The number of rotatable bonds is 1. The van der Waals surface area contributed by atoms with Gasteiger partial charge in [-0.15, -0.1) is 0 Å². The third-order valence-corrected chi connectivity index (χ3v) is 6.15. The number of ether oxygens (including phenoxy) is 1. The summed E-state index contributed by atoms with van der Waals surface area (Å²) in [6.07, 6.45) is 3.11. The monoisotopic (exact) mass is 282 g/mol. The highest BCUT2D eigenvalue weighted by molar-refractivity contribution is 6.02. The van der Waals surface area contributed by atoms with Gasteiger partial charge in [-0.05, 0) is 38.3 Å². The summed E-state index contributed by atoms with van der Waals surface area (Å²) >= 11 is 0. The Labute approximate surface area is 126 Å². The number of allylic oxidation sites excluding steroid dienone is 1. The zero-order chi connectivity index (χ0) is 15.0. The number of carbonyl (C=O) groups excluding carboxylic acids is 1. The van der Waals surface area contributed by atoms with Gasteiger partial charge in [-0.3, -0.25) is 4.79 Å². The molecule has 21 heavy (non-hydrogen) atoms. The van der Waals surface area contributed by atoms with Crippen molar-refractivity contribution in [2.45, 2.75) is 39.7 Å². The van der Waals surface area contributed by atoms with Gasteiger partial charge in [0.1, 0.15) is 5.60 Å². The van der Waals surface area contributed by atoms with Crippen LogP contribution in [0.15, 0.2) is 35.9 Å². The van der Waals surface area contributed by atoms with E-state index in [4.69, 9.17) is 4.74 Å². The van der Waals surface area contributed by atoms with Crippen LogP contribution >= 0.6 is 0 Å². The lowest BCUT2D eigenvalue weighted by atomic mass is 9.62. The summed E-state index contributed by atoms with van der Waals surface area (Å²) in [6.45, 7) is 9.19. The first-order chi connectivity index (χ1) is 9.83. The Bertz CT molecular complexity index is 671. The van der Waals surface area contributed by atoms with Crippen molar-refractivity contribution in [2.24, 2.45) is 16.7 Å². The largest absolute Gasteiger partial charge is 0.368 e. The second-order valence-corrected chi connectivity index (χ2v) is 7.71. The number of carbonyl (C=O) groups is 1. The summed E-state index contributed by atoms with van der Waals surface area (Å²) in [5.41, 5.74) is 2.50. The molecule has 2 heteroatoms. The van der Waals surface area contributed by atoms with Crippen LogP contribution in [0.4, 0.5) is 0 Å². The number of ketones is 1. The molecule has 2 aliphatic carbocycles. The minimum absolute atomic E-state index is 0.0764. The highest BCUT2D eigenvalue weighted by Gasteiger charge is 2.75. The maximum atomic E-state index is 12.9. The highest BCUT2D eigenvalue weighted by Crippen LogP contribution is 2.72. The summed E-state index contributed by atoms with van der Waals surface area (Å²) in [6, 6.07) is 8.56. The fourth-order valence-corrected chi connectivity index (χ4v) is 5.26. The van der Waals surface area contributed by atoms with Crippen molar-refractivity contribution in [1.82, 2.24) is 0 Å². The molecule has 0 radical (unpaired) electrons. The molecule has 0 spiro atoms. The van der Waals surface area contributed by atoms with Gasteiger partial charge in [-0.1, -0.05) is 42.8 Å². The molecule has 1 aromatic rings. The molecule has 2 nitrogen and oxygen atoms in total. The Morgan fingerprint density at radius 1 is 1.14 bits per heavy atom. The number of Topliss-reactive ketones (excluding diaryl/α,β-unsaturated/α-hetero) is 1. The lowest BCUT2D eigenvalue weighted by molar-refractivity contribution is -0.159. The van der Waals surface area contributed by atoms with Gasteiger partial charge in [0.05, 0.1) is 12.0 Å². The molecule has 1 heterocycles. The fraction of sp³-hybridized carbons (Fsp3) is 0.526. The SMILES string of the molecule is CC1=C[C@H]2[C@]3(C)CO[C@@]2(c2ccc(C)cc2)[C@@](C)(C3)C1=O. The van der Waals surface area contributed by atoms with Crippen LogP contribution in [0.1, 0.15) is 38.3 Å². The van der Waals surface area contributed by atoms with Crippen LogP contribution in [-0.2, 0) is 15.1 Å². The highest BCUT2D eigenvalue weighted by atomic mass is 16.5. The molecule has 1 aliphatic heterocycles. The molecule has 0 N–H and O–H groups in total. The first kappa shape index (κ1) is 13.3. The van der Waals surface area contributed by atoms with Crippen LogP contribution < -0.4 is 0 Å². The van der Waals surface area contributed by atoms with E-state index in [1.807, 2.05) is 6.92 Å². The van der Waals surface area contributed by atoms with E-state index in [0.717, 1.165) is 18.6 Å². The van der Waals surface area contributed by atoms with E-state index in [-0.39, 0.29) is 11.2 Å². The number of hydrogen-bond acceptors (Lipinski definition) is 2. The first-order valence-electron chi connectivity index (χ1n) is 7.78. The second kappa shape index (κ2) is 3.67. The fourth-order valence-electron chi connectivity index (χ4n) is 5.26. The van der Waals surface area contributed by atoms with Crippen molar-refractivity contribution in [2.75, 3.05) is 6.61 Å². The van der Waals surface area contributed by atoms with E-state index in [2.05, 4.69) is 51.1 Å². The molecule has 3 aliphatic rings. The maximum Gasteiger partial charge on any atom is 0.167 e. The van der Waals surface area contributed by atoms with Crippen molar-refractivity contribution < 1.29 is 9.53 Å². The van der Waals surface area contributed by atoms with E-state index in [1.165, 1.54) is 11.1 Å². The predicted octanol–water partition coefficient (Wildman–Crippen LogP) is 3.78. The molecule has 1 aromatic carbocycles. The van der Waals surface area contributed by atoms with Crippen molar-refractivity contribution in [3.8, 4) is 0 Å². The molecule has 2 fully saturated rings. The summed E-state index contributed by atoms with van der Waals surface area (Å²) in [7, 11) is 0. The summed E-state index contributed by atoms with van der Waals surface area (Å²) in [5, 5.41) is 0. The Morgan fingerprint density at radius 2 is 1.81 bits per heavy atom. The number of aryl methyl sites for hydroxylation is 1. The van der Waals surface area contributed by atoms with Gasteiger partial charge in [-0.25, -0.2) is 0 Å². The van der Waals surface area contributed by atoms with Gasteiger partial charge in [0.15, 0.2) is 5.78 Å². The normalized spacial score (nSPS) is 44.1. The molecular formula is C19H22O2. The van der Waals surface area contributed by atoms with E-state index in [0.29, 0.717) is 5.92 Å². The van der Waals surface area contributed by atoms with Gasteiger partial charge in [0, 0.05) is 11.3 Å². The number of hydrogen-bond donors (Lipinski definition) is 0. The van der Waals surface area contributed by atoms with E-state index >= 15 is 0 Å². The average Bonchev–Trinajstić information content (AvgIpc) is 2.79. The minimum atomic E-state index is -0.466. The van der Waals surface area contributed by atoms with Crippen molar-refractivity contribution in [1.29, 1.82) is 0 Å². The van der Waals surface area contributed by atoms with Gasteiger partial charge < -0.3 is 4.74 Å². The second-order valence-electron chi connectivity index (χ2n) is 7.71. The van der Waals surface area contributed by atoms with Crippen LogP contribution in [0.5, 0.6) is 0 Å².